The summed E-state index contributed by atoms with van der Waals surface area (Å²) < 4.78 is 0.995. The van der Waals surface area contributed by atoms with Gasteiger partial charge in [-0.15, -0.1) is 0 Å². The Labute approximate surface area is 136 Å². The lowest BCUT2D eigenvalue weighted by Gasteiger charge is -2.27. The molecule has 0 spiro atoms. The van der Waals surface area contributed by atoms with E-state index in [0.29, 0.717) is 0 Å². The molecule has 1 amide bonds. The molecule has 0 atom stereocenters. The number of aryl methyl sites for hydroxylation is 1. The molecule has 0 heterocycles. The summed E-state index contributed by atoms with van der Waals surface area (Å²) in [6.07, 6.45) is 8.47. The predicted octanol–water partition coefficient (Wildman–Crippen LogP) is 5.69. The number of halogens is 1. The van der Waals surface area contributed by atoms with Crippen molar-refractivity contribution in [2.45, 2.75) is 58.8 Å². The second-order valence-electron chi connectivity index (χ2n) is 6.29. The molecule has 0 saturated heterocycles. The summed E-state index contributed by atoms with van der Waals surface area (Å²) in [6.45, 7) is 4.29. The Bertz CT molecular complexity index is 478. The van der Waals surface area contributed by atoms with Gasteiger partial charge in [-0.25, -0.2) is 0 Å². The molecular formula is C18H26BrNO. The molecule has 1 fully saturated rings. The van der Waals surface area contributed by atoms with Crippen LogP contribution in [-0.2, 0) is 4.79 Å². The molecule has 0 bridgehead atoms. The number of carbonyl (C=O) groups excluding carboxylic acids is 1. The fourth-order valence-electron chi connectivity index (χ4n) is 3.18. The van der Waals surface area contributed by atoms with Gasteiger partial charge in [-0.3, -0.25) is 4.79 Å². The molecule has 0 radical (unpaired) electrons. The van der Waals surface area contributed by atoms with Gasteiger partial charge in [0.1, 0.15) is 0 Å². The van der Waals surface area contributed by atoms with Gasteiger partial charge in [-0.05, 0) is 66.1 Å². The lowest BCUT2D eigenvalue weighted by atomic mass is 9.79. The van der Waals surface area contributed by atoms with Crippen molar-refractivity contribution < 1.29 is 4.79 Å². The molecule has 116 valence electrons. The van der Waals surface area contributed by atoms with Crippen LogP contribution in [0.5, 0.6) is 0 Å². The van der Waals surface area contributed by atoms with Gasteiger partial charge in [-0.2, -0.15) is 0 Å². The fraction of sp³-hybridized carbons (Fsp3) is 0.611. The summed E-state index contributed by atoms with van der Waals surface area (Å²) in [6, 6.07) is 5.98. The first kappa shape index (κ1) is 16.5. The van der Waals surface area contributed by atoms with E-state index in [1.54, 1.807) is 0 Å². The van der Waals surface area contributed by atoms with Gasteiger partial charge in [0.05, 0.1) is 5.69 Å². The Morgan fingerprint density at radius 2 is 2.00 bits per heavy atom. The van der Waals surface area contributed by atoms with Crippen LogP contribution in [0.2, 0.25) is 0 Å². The lowest BCUT2D eigenvalue weighted by molar-refractivity contribution is -0.121. The molecule has 0 unspecified atom stereocenters. The molecule has 1 aromatic carbocycles. The average Bonchev–Trinajstić information content (AvgIpc) is 2.50. The van der Waals surface area contributed by atoms with Gasteiger partial charge in [0.2, 0.25) is 5.91 Å². The average molecular weight is 352 g/mol. The van der Waals surface area contributed by atoms with Crippen LogP contribution in [0.1, 0.15) is 57.4 Å². The van der Waals surface area contributed by atoms with E-state index in [9.17, 15) is 4.79 Å². The largest absolute Gasteiger partial charge is 0.325 e. The normalized spacial score (nSPS) is 22.0. The molecule has 2 rings (SSSR count). The maximum atomic E-state index is 12.4. The highest BCUT2D eigenvalue weighted by atomic mass is 79.9. The second-order valence-corrected chi connectivity index (χ2v) is 7.08. The van der Waals surface area contributed by atoms with E-state index in [1.165, 1.54) is 32.1 Å². The van der Waals surface area contributed by atoms with Gasteiger partial charge in [0, 0.05) is 10.4 Å². The number of benzene rings is 1. The first-order valence-electron chi connectivity index (χ1n) is 8.17. The SMILES string of the molecule is CCCCC1CCC(C(=O)Nc2cccc(C)c2Br)CC1. The summed E-state index contributed by atoms with van der Waals surface area (Å²) in [5.74, 6) is 1.23. The van der Waals surface area contributed by atoms with E-state index in [-0.39, 0.29) is 11.8 Å². The number of unbranched alkanes of at least 4 members (excludes halogenated alkanes) is 1. The third-order valence-electron chi connectivity index (χ3n) is 4.63. The van der Waals surface area contributed by atoms with Crippen LogP contribution in [0.4, 0.5) is 5.69 Å². The van der Waals surface area contributed by atoms with E-state index >= 15 is 0 Å². The summed E-state index contributed by atoms with van der Waals surface area (Å²) in [5, 5.41) is 3.09. The quantitative estimate of drug-likeness (QED) is 0.724. The van der Waals surface area contributed by atoms with Crippen molar-refractivity contribution in [2.24, 2.45) is 11.8 Å². The van der Waals surface area contributed by atoms with Gasteiger partial charge in [-0.1, -0.05) is 38.3 Å². The molecular weight excluding hydrogens is 326 g/mol. The van der Waals surface area contributed by atoms with Gasteiger partial charge < -0.3 is 5.32 Å². The summed E-state index contributed by atoms with van der Waals surface area (Å²) in [5.41, 5.74) is 2.05. The van der Waals surface area contributed by atoms with E-state index in [0.717, 1.165) is 34.5 Å². The third kappa shape index (κ3) is 4.57. The van der Waals surface area contributed by atoms with Crippen LogP contribution >= 0.6 is 15.9 Å². The molecule has 0 aromatic heterocycles. The highest BCUT2D eigenvalue weighted by Crippen LogP contribution is 2.33. The Balaban J connectivity index is 1.86. The number of hydrogen-bond acceptors (Lipinski definition) is 1. The zero-order valence-corrected chi connectivity index (χ0v) is 14.7. The van der Waals surface area contributed by atoms with Crippen molar-refractivity contribution in [3.8, 4) is 0 Å². The van der Waals surface area contributed by atoms with E-state index in [1.807, 2.05) is 25.1 Å². The molecule has 2 nitrogen and oxygen atoms in total. The van der Waals surface area contributed by atoms with Crippen molar-refractivity contribution in [3.63, 3.8) is 0 Å². The summed E-state index contributed by atoms with van der Waals surface area (Å²) >= 11 is 3.56. The zero-order chi connectivity index (χ0) is 15.2. The smallest absolute Gasteiger partial charge is 0.227 e. The van der Waals surface area contributed by atoms with Crippen LogP contribution in [0.3, 0.4) is 0 Å². The van der Waals surface area contributed by atoms with E-state index < -0.39 is 0 Å². The molecule has 1 aliphatic carbocycles. The number of anilines is 1. The van der Waals surface area contributed by atoms with Crippen LogP contribution in [0, 0.1) is 18.8 Å². The first-order chi connectivity index (χ1) is 10.1. The van der Waals surface area contributed by atoms with Gasteiger partial charge in [0.25, 0.3) is 0 Å². The van der Waals surface area contributed by atoms with Crippen molar-refractivity contribution in [1.29, 1.82) is 0 Å². The Kier molecular flexibility index (Phi) is 6.28. The van der Waals surface area contributed by atoms with Crippen LogP contribution in [0.15, 0.2) is 22.7 Å². The minimum absolute atomic E-state index is 0.190. The van der Waals surface area contributed by atoms with Gasteiger partial charge >= 0.3 is 0 Å². The molecule has 3 heteroatoms. The molecule has 1 aromatic rings. The van der Waals surface area contributed by atoms with E-state index in [2.05, 4.69) is 28.2 Å². The number of carbonyl (C=O) groups is 1. The summed E-state index contributed by atoms with van der Waals surface area (Å²) in [4.78, 5) is 12.4. The molecule has 1 N–H and O–H groups in total. The number of hydrogen-bond donors (Lipinski definition) is 1. The molecule has 1 aliphatic rings. The Morgan fingerprint density at radius 1 is 1.29 bits per heavy atom. The fourth-order valence-corrected chi connectivity index (χ4v) is 3.55. The van der Waals surface area contributed by atoms with E-state index in [4.69, 9.17) is 0 Å². The van der Waals surface area contributed by atoms with Crippen molar-refractivity contribution in [2.75, 3.05) is 5.32 Å². The maximum Gasteiger partial charge on any atom is 0.227 e. The Morgan fingerprint density at radius 3 is 2.67 bits per heavy atom. The predicted molar refractivity (Wildman–Crippen MR) is 92.5 cm³/mol. The number of rotatable bonds is 5. The lowest BCUT2D eigenvalue weighted by Crippen LogP contribution is -2.27. The van der Waals surface area contributed by atoms with Crippen LogP contribution < -0.4 is 5.32 Å². The zero-order valence-electron chi connectivity index (χ0n) is 13.1. The minimum atomic E-state index is 0.190. The minimum Gasteiger partial charge on any atom is -0.325 e. The highest BCUT2D eigenvalue weighted by Gasteiger charge is 2.26. The third-order valence-corrected chi connectivity index (χ3v) is 5.69. The molecule has 1 saturated carbocycles. The maximum absolute atomic E-state index is 12.4. The van der Waals surface area contributed by atoms with Crippen molar-refractivity contribution >= 4 is 27.5 Å². The highest BCUT2D eigenvalue weighted by molar-refractivity contribution is 9.10. The number of nitrogens with one attached hydrogen (secondary N) is 1. The second kappa shape index (κ2) is 7.98. The topological polar surface area (TPSA) is 29.1 Å². The summed E-state index contributed by atoms with van der Waals surface area (Å²) in [7, 11) is 0. The van der Waals surface area contributed by atoms with Crippen molar-refractivity contribution in [1.82, 2.24) is 0 Å². The Hall–Kier alpha value is -0.830. The van der Waals surface area contributed by atoms with Crippen LogP contribution in [0.25, 0.3) is 0 Å². The molecule has 0 aliphatic heterocycles. The van der Waals surface area contributed by atoms with Crippen LogP contribution in [-0.4, -0.2) is 5.91 Å². The first-order valence-corrected chi connectivity index (χ1v) is 8.97. The van der Waals surface area contributed by atoms with Crippen molar-refractivity contribution in [3.05, 3.63) is 28.2 Å². The molecule has 21 heavy (non-hydrogen) atoms. The number of amides is 1. The van der Waals surface area contributed by atoms with Gasteiger partial charge in [0.15, 0.2) is 0 Å². The standard InChI is InChI=1S/C18H26BrNO/c1-3-4-7-14-9-11-15(12-10-14)18(21)20-16-8-5-6-13(2)17(16)19/h5-6,8,14-15H,3-4,7,9-12H2,1-2H3,(H,20,21). The monoisotopic (exact) mass is 351 g/mol.